The molecule has 1 aliphatic heterocycles. The Balaban J connectivity index is 1.79. The molecule has 1 saturated heterocycles. The number of aromatic nitrogens is 4. The van der Waals surface area contributed by atoms with E-state index in [0.29, 0.717) is 6.04 Å². The first-order valence-corrected chi connectivity index (χ1v) is 11.3. The lowest BCUT2D eigenvalue weighted by Crippen LogP contribution is -2.38. The molecule has 0 radical (unpaired) electrons. The third-order valence-electron chi connectivity index (χ3n) is 5.58. The van der Waals surface area contributed by atoms with Crippen LogP contribution in [0.1, 0.15) is 26.2 Å². The van der Waals surface area contributed by atoms with E-state index >= 15 is 0 Å². The van der Waals surface area contributed by atoms with Crippen LogP contribution in [0.25, 0.3) is 16.6 Å². The van der Waals surface area contributed by atoms with E-state index < -0.39 is 9.84 Å². The molecule has 1 fully saturated rings. The van der Waals surface area contributed by atoms with Gasteiger partial charge in [-0.3, -0.25) is 0 Å². The second-order valence-electron chi connectivity index (χ2n) is 7.44. The summed E-state index contributed by atoms with van der Waals surface area (Å²) in [6.45, 7) is 3.09. The number of benzene rings is 2. The molecule has 3 heterocycles. The van der Waals surface area contributed by atoms with Crippen molar-refractivity contribution in [1.82, 2.24) is 19.8 Å². The minimum absolute atomic E-state index is 0.111. The van der Waals surface area contributed by atoms with Gasteiger partial charge in [-0.05, 0) is 50.5 Å². The van der Waals surface area contributed by atoms with E-state index in [-0.39, 0.29) is 15.6 Å². The Kier molecular flexibility index (Phi) is 4.24. The Hall–Kier alpha value is -3.00. The normalized spacial score (nSPS) is 17.8. The van der Waals surface area contributed by atoms with Gasteiger partial charge in [-0.2, -0.15) is 4.52 Å². The maximum atomic E-state index is 13.2. The van der Waals surface area contributed by atoms with Gasteiger partial charge in [-0.25, -0.2) is 13.4 Å². The first-order chi connectivity index (χ1) is 14.1. The Morgan fingerprint density at radius 3 is 2.55 bits per heavy atom. The van der Waals surface area contributed by atoms with Gasteiger partial charge < -0.3 is 4.90 Å². The topological polar surface area (TPSA) is 80.5 Å². The average molecular weight is 407 g/mol. The van der Waals surface area contributed by atoms with Crippen molar-refractivity contribution in [2.75, 3.05) is 11.4 Å². The maximum absolute atomic E-state index is 13.2. The van der Waals surface area contributed by atoms with E-state index in [1.807, 2.05) is 24.3 Å². The van der Waals surface area contributed by atoms with Crippen LogP contribution in [0.5, 0.6) is 0 Å². The van der Waals surface area contributed by atoms with Crippen LogP contribution in [0.3, 0.4) is 0 Å². The number of nitrogens with zero attached hydrogens (tertiary/aromatic N) is 5. The molecule has 0 saturated carbocycles. The van der Waals surface area contributed by atoms with Crippen molar-refractivity contribution in [1.29, 1.82) is 0 Å². The largest absolute Gasteiger partial charge is 0.353 e. The molecule has 2 aromatic carbocycles. The summed E-state index contributed by atoms with van der Waals surface area (Å²) in [5.41, 5.74) is 1.06. The van der Waals surface area contributed by atoms with Crippen molar-refractivity contribution in [3.63, 3.8) is 0 Å². The molecular weight excluding hydrogens is 386 g/mol. The summed E-state index contributed by atoms with van der Waals surface area (Å²) in [7, 11) is -3.83. The monoisotopic (exact) mass is 407 g/mol. The highest BCUT2D eigenvalue weighted by Gasteiger charge is 2.29. The third-order valence-corrected chi connectivity index (χ3v) is 7.25. The summed E-state index contributed by atoms with van der Waals surface area (Å²) in [6.07, 6.45) is 3.38. The van der Waals surface area contributed by atoms with Crippen LogP contribution in [0.15, 0.2) is 64.5 Å². The van der Waals surface area contributed by atoms with Gasteiger partial charge in [0.2, 0.25) is 14.9 Å². The van der Waals surface area contributed by atoms with E-state index in [9.17, 15) is 8.42 Å². The smallest absolute Gasteiger partial charge is 0.229 e. The van der Waals surface area contributed by atoms with Crippen LogP contribution in [-0.2, 0) is 9.84 Å². The van der Waals surface area contributed by atoms with E-state index in [0.717, 1.165) is 36.1 Å². The van der Waals surface area contributed by atoms with Gasteiger partial charge in [0.05, 0.1) is 10.4 Å². The second kappa shape index (κ2) is 6.81. The van der Waals surface area contributed by atoms with E-state index in [2.05, 4.69) is 22.1 Å². The molecule has 8 heteroatoms. The predicted molar refractivity (Wildman–Crippen MR) is 111 cm³/mol. The molecule has 0 aliphatic carbocycles. The van der Waals surface area contributed by atoms with Crippen molar-refractivity contribution >= 4 is 32.2 Å². The zero-order chi connectivity index (χ0) is 20.0. The van der Waals surface area contributed by atoms with Crippen molar-refractivity contribution in [3.8, 4) is 0 Å². The molecule has 4 aromatic rings. The Labute approximate surface area is 168 Å². The molecule has 0 N–H and O–H groups in total. The molecule has 7 nitrogen and oxygen atoms in total. The Morgan fingerprint density at radius 1 is 1.00 bits per heavy atom. The molecular formula is C21H21N5O2S. The lowest BCUT2D eigenvalue weighted by molar-refractivity contribution is 0.482. The van der Waals surface area contributed by atoms with Crippen molar-refractivity contribution < 1.29 is 8.42 Å². The van der Waals surface area contributed by atoms with Gasteiger partial charge >= 0.3 is 0 Å². The lowest BCUT2D eigenvalue weighted by atomic mass is 10.0. The maximum Gasteiger partial charge on any atom is 0.229 e. The minimum Gasteiger partial charge on any atom is -0.353 e. The van der Waals surface area contributed by atoms with Crippen molar-refractivity contribution in [3.05, 3.63) is 54.6 Å². The van der Waals surface area contributed by atoms with Crippen LogP contribution < -0.4 is 4.90 Å². The number of rotatable bonds is 3. The lowest BCUT2D eigenvalue weighted by Gasteiger charge is -2.35. The Bertz CT molecular complexity index is 1300. The van der Waals surface area contributed by atoms with E-state index in [4.69, 9.17) is 4.98 Å². The van der Waals surface area contributed by atoms with Crippen LogP contribution in [-0.4, -0.2) is 40.8 Å². The number of para-hydroxylation sites is 1. The number of sulfone groups is 1. The first kappa shape index (κ1) is 18.1. The molecule has 0 amide bonds. The molecule has 2 aromatic heterocycles. The molecule has 1 aliphatic rings. The highest BCUT2D eigenvalue weighted by atomic mass is 32.2. The number of anilines is 1. The van der Waals surface area contributed by atoms with Gasteiger partial charge in [0.1, 0.15) is 5.82 Å². The van der Waals surface area contributed by atoms with Gasteiger partial charge in [0, 0.05) is 18.0 Å². The van der Waals surface area contributed by atoms with Gasteiger partial charge in [-0.15, -0.1) is 5.10 Å². The van der Waals surface area contributed by atoms with Crippen molar-refractivity contribution in [2.24, 2.45) is 0 Å². The fourth-order valence-electron chi connectivity index (χ4n) is 4.05. The number of piperidine rings is 1. The molecule has 148 valence electrons. The summed E-state index contributed by atoms with van der Waals surface area (Å²) in [6, 6.07) is 16.5. The molecule has 1 atom stereocenters. The van der Waals surface area contributed by atoms with Crippen LogP contribution in [0.2, 0.25) is 0 Å². The van der Waals surface area contributed by atoms with Crippen LogP contribution >= 0.6 is 0 Å². The SMILES string of the molecule is CC1CCCCN1c1nc2c(S(=O)(=O)c3ccccc3)nnn2c2ccccc12. The number of fused-ring (bicyclic) bond motifs is 3. The number of hydrogen-bond donors (Lipinski definition) is 0. The highest BCUT2D eigenvalue weighted by Crippen LogP contribution is 2.32. The fraction of sp³-hybridized carbons (Fsp3) is 0.286. The summed E-state index contributed by atoms with van der Waals surface area (Å²) < 4.78 is 28.0. The number of hydrogen-bond acceptors (Lipinski definition) is 6. The average Bonchev–Trinajstić information content (AvgIpc) is 3.19. The van der Waals surface area contributed by atoms with Crippen LogP contribution in [0, 0.1) is 0 Å². The highest BCUT2D eigenvalue weighted by molar-refractivity contribution is 7.91. The quantitative estimate of drug-likeness (QED) is 0.517. The van der Waals surface area contributed by atoms with Crippen LogP contribution in [0.4, 0.5) is 5.82 Å². The minimum atomic E-state index is -3.83. The fourth-order valence-corrected chi connectivity index (χ4v) is 5.30. The van der Waals surface area contributed by atoms with E-state index in [1.165, 1.54) is 10.9 Å². The summed E-state index contributed by atoms with van der Waals surface area (Å²) in [5.74, 6) is 0.798. The molecule has 0 spiro atoms. The van der Waals surface area contributed by atoms with Crippen molar-refractivity contribution in [2.45, 2.75) is 42.1 Å². The molecule has 29 heavy (non-hydrogen) atoms. The van der Waals surface area contributed by atoms with E-state index in [1.54, 1.807) is 30.3 Å². The summed E-state index contributed by atoms with van der Waals surface area (Å²) >= 11 is 0. The molecule has 0 bridgehead atoms. The summed E-state index contributed by atoms with van der Waals surface area (Å²) in [5, 5.41) is 9.03. The Morgan fingerprint density at radius 2 is 1.76 bits per heavy atom. The van der Waals surface area contributed by atoms with Gasteiger partial charge in [-0.1, -0.05) is 35.5 Å². The summed E-state index contributed by atoms with van der Waals surface area (Å²) in [4.78, 5) is 7.27. The third kappa shape index (κ3) is 2.86. The predicted octanol–water partition coefficient (Wildman–Crippen LogP) is 3.49. The standard InChI is InChI=1S/C21H21N5O2S/c1-15-9-7-8-14-25(15)19-17-12-5-6-13-18(17)26-20(22-19)21(23-24-26)29(27,28)16-10-3-2-4-11-16/h2-6,10-13,15H,7-9,14H2,1H3. The second-order valence-corrected chi connectivity index (χ2v) is 9.30. The zero-order valence-electron chi connectivity index (χ0n) is 16.1. The zero-order valence-corrected chi connectivity index (χ0v) is 16.9. The molecule has 5 rings (SSSR count). The first-order valence-electron chi connectivity index (χ1n) is 9.78. The van der Waals surface area contributed by atoms with Gasteiger partial charge in [0.25, 0.3) is 0 Å². The van der Waals surface area contributed by atoms with Gasteiger partial charge in [0.15, 0.2) is 5.65 Å². The molecule has 1 unspecified atom stereocenters.